The zero-order chi connectivity index (χ0) is 17.1. The van der Waals surface area contributed by atoms with Gasteiger partial charge in [0.25, 0.3) is 0 Å². The molecule has 1 aromatic carbocycles. The van der Waals surface area contributed by atoms with Crippen molar-refractivity contribution in [2.45, 2.75) is 51.3 Å². The van der Waals surface area contributed by atoms with Crippen LogP contribution in [-0.4, -0.2) is 54.8 Å². The number of aliphatic hydroxyl groups excluding tert-OH is 1. The van der Waals surface area contributed by atoms with E-state index in [1.807, 2.05) is 30.3 Å². The minimum absolute atomic E-state index is 0.0717. The van der Waals surface area contributed by atoms with Crippen LogP contribution in [0.15, 0.2) is 30.3 Å². The Kier molecular flexibility index (Phi) is 4.89. The third-order valence-electron chi connectivity index (χ3n) is 4.55. The highest BCUT2D eigenvalue weighted by molar-refractivity contribution is 5.80. The van der Waals surface area contributed by atoms with Crippen molar-refractivity contribution in [1.29, 1.82) is 0 Å². The molecule has 3 rings (SSSR count). The van der Waals surface area contributed by atoms with Gasteiger partial charge in [0.1, 0.15) is 6.04 Å². The van der Waals surface area contributed by atoms with E-state index in [1.54, 1.807) is 18.7 Å². The zero-order valence-electron chi connectivity index (χ0n) is 14.0. The quantitative estimate of drug-likeness (QED) is 0.922. The molecule has 1 N–H and O–H groups in total. The van der Waals surface area contributed by atoms with Gasteiger partial charge < -0.3 is 10.0 Å². The second-order valence-corrected chi connectivity index (χ2v) is 6.31. The molecule has 2 aromatic rings. The maximum absolute atomic E-state index is 12.8. The number of hydrogen-bond donors (Lipinski definition) is 1. The van der Waals surface area contributed by atoms with Crippen LogP contribution in [0, 0.1) is 0 Å². The lowest BCUT2D eigenvalue weighted by Gasteiger charge is -2.38. The Balaban J connectivity index is 1.77. The Labute approximate surface area is 141 Å². The number of tetrazole rings is 1. The van der Waals surface area contributed by atoms with Crippen molar-refractivity contribution in [2.75, 3.05) is 6.54 Å². The summed E-state index contributed by atoms with van der Waals surface area (Å²) in [6.45, 7) is 4.17. The van der Waals surface area contributed by atoms with Gasteiger partial charge in [-0.05, 0) is 38.3 Å². The maximum atomic E-state index is 12.8. The Bertz CT molecular complexity index is 685. The predicted octanol–water partition coefficient (Wildman–Crippen LogP) is 1.66. The minimum Gasteiger partial charge on any atom is -0.391 e. The average Bonchev–Trinajstić information content (AvgIpc) is 3.11. The lowest BCUT2D eigenvalue weighted by Crippen LogP contribution is -2.51. The summed E-state index contributed by atoms with van der Waals surface area (Å²) in [5.41, 5.74) is 0.864. The number of nitrogens with zero attached hydrogens (tertiary/aromatic N) is 5. The Hall–Kier alpha value is -2.28. The smallest absolute Gasteiger partial charge is 0.249 e. The van der Waals surface area contributed by atoms with Crippen molar-refractivity contribution in [2.24, 2.45) is 0 Å². The molecule has 24 heavy (non-hydrogen) atoms. The molecule has 3 unspecified atom stereocenters. The number of hydrogen-bond acceptors (Lipinski definition) is 5. The molecule has 3 atom stereocenters. The molecule has 0 saturated carbocycles. The summed E-state index contributed by atoms with van der Waals surface area (Å²) in [6.07, 6.45) is 2.29. The fourth-order valence-corrected chi connectivity index (χ4v) is 3.16. The SMILES string of the molecule is CC(O)C1CCCCN1C(=O)C(C)n1nnc(-c2ccccc2)n1. The van der Waals surface area contributed by atoms with Crippen LogP contribution in [-0.2, 0) is 4.79 Å². The molecule has 1 saturated heterocycles. The Morgan fingerprint density at radius 3 is 2.71 bits per heavy atom. The third kappa shape index (κ3) is 3.31. The Morgan fingerprint density at radius 2 is 2.00 bits per heavy atom. The number of amides is 1. The van der Waals surface area contributed by atoms with Gasteiger partial charge in [-0.3, -0.25) is 4.79 Å². The highest BCUT2D eigenvalue weighted by Crippen LogP contribution is 2.23. The van der Waals surface area contributed by atoms with Gasteiger partial charge in [-0.1, -0.05) is 30.3 Å². The monoisotopic (exact) mass is 329 g/mol. The van der Waals surface area contributed by atoms with E-state index in [-0.39, 0.29) is 11.9 Å². The standard InChI is InChI=1S/C17H23N5O2/c1-12(17(24)21-11-7-6-10-15(21)13(2)23)22-19-16(18-20-22)14-8-4-3-5-9-14/h3-5,8-9,12-13,15,23H,6-7,10-11H2,1-2H3. The molecular weight excluding hydrogens is 306 g/mol. The fourth-order valence-electron chi connectivity index (χ4n) is 3.16. The molecule has 0 radical (unpaired) electrons. The number of carbonyl (C=O) groups is 1. The molecule has 0 bridgehead atoms. The molecule has 1 aliphatic heterocycles. The number of piperidine rings is 1. The van der Waals surface area contributed by atoms with Gasteiger partial charge >= 0.3 is 0 Å². The van der Waals surface area contributed by atoms with Crippen LogP contribution in [0.1, 0.15) is 39.2 Å². The summed E-state index contributed by atoms with van der Waals surface area (Å²) in [5.74, 6) is 0.429. The number of aromatic nitrogens is 4. The highest BCUT2D eigenvalue weighted by Gasteiger charge is 2.33. The van der Waals surface area contributed by atoms with Crippen LogP contribution in [0.25, 0.3) is 11.4 Å². The molecule has 128 valence electrons. The molecular formula is C17H23N5O2. The predicted molar refractivity (Wildman–Crippen MR) is 89.0 cm³/mol. The normalized spacial score (nSPS) is 20.6. The summed E-state index contributed by atoms with van der Waals surface area (Å²) in [4.78, 5) is 16.0. The van der Waals surface area contributed by atoms with Crippen LogP contribution in [0.5, 0.6) is 0 Å². The van der Waals surface area contributed by atoms with Crippen molar-refractivity contribution in [3.63, 3.8) is 0 Å². The van der Waals surface area contributed by atoms with E-state index in [4.69, 9.17) is 0 Å². The van der Waals surface area contributed by atoms with Crippen molar-refractivity contribution in [3.05, 3.63) is 30.3 Å². The first kappa shape index (κ1) is 16.6. The zero-order valence-corrected chi connectivity index (χ0v) is 14.0. The fraction of sp³-hybridized carbons (Fsp3) is 0.529. The van der Waals surface area contributed by atoms with Crippen molar-refractivity contribution in [3.8, 4) is 11.4 Å². The van der Waals surface area contributed by atoms with Crippen LogP contribution in [0.3, 0.4) is 0 Å². The van der Waals surface area contributed by atoms with Crippen molar-refractivity contribution < 1.29 is 9.90 Å². The lowest BCUT2D eigenvalue weighted by atomic mass is 9.97. The average molecular weight is 329 g/mol. The first-order valence-electron chi connectivity index (χ1n) is 8.41. The summed E-state index contributed by atoms with van der Waals surface area (Å²) in [6, 6.07) is 8.87. The highest BCUT2D eigenvalue weighted by atomic mass is 16.3. The van der Waals surface area contributed by atoms with Gasteiger partial charge in [0, 0.05) is 12.1 Å². The molecule has 2 heterocycles. The largest absolute Gasteiger partial charge is 0.391 e. The first-order valence-corrected chi connectivity index (χ1v) is 8.41. The first-order chi connectivity index (χ1) is 11.6. The minimum atomic E-state index is -0.547. The van der Waals surface area contributed by atoms with Crippen LogP contribution < -0.4 is 0 Å². The molecule has 0 spiro atoms. The lowest BCUT2D eigenvalue weighted by molar-refractivity contribution is -0.141. The van der Waals surface area contributed by atoms with E-state index in [0.29, 0.717) is 12.4 Å². The van der Waals surface area contributed by atoms with E-state index < -0.39 is 12.1 Å². The van der Waals surface area contributed by atoms with Crippen LogP contribution in [0.4, 0.5) is 0 Å². The van der Waals surface area contributed by atoms with Crippen LogP contribution in [0.2, 0.25) is 0 Å². The maximum Gasteiger partial charge on any atom is 0.249 e. The molecule has 7 heteroatoms. The second-order valence-electron chi connectivity index (χ2n) is 6.31. The molecule has 7 nitrogen and oxygen atoms in total. The number of carbonyl (C=O) groups excluding carboxylic acids is 1. The summed E-state index contributed by atoms with van der Waals surface area (Å²) in [5, 5.41) is 22.4. The molecule has 1 aliphatic rings. The van der Waals surface area contributed by atoms with Gasteiger partial charge in [-0.25, -0.2) is 0 Å². The summed E-state index contributed by atoms with van der Waals surface area (Å²) in [7, 11) is 0. The van der Waals surface area contributed by atoms with Gasteiger partial charge in [-0.2, -0.15) is 4.80 Å². The summed E-state index contributed by atoms with van der Waals surface area (Å²) < 4.78 is 0. The van der Waals surface area contributed by atoms with Gasteiger partial charge in [-0.15, -0.1) is 10.2 Å². The van der Waals surface area contributed by atoms with E-state index >= 15 is 0 Å². The van der Waals surface area contributed by atoms with Crippen LogP contribution >= 0.6 is 0 Å². The van der Waals surface area contributed by atoms with Gasteiger partial charge in [0.05, 0.1) is 12.1 Å². The number of benzene rings is 1. The van der Waals surface area contributed by atoms with E-state index in [9.17, 15) is 9.90 Å². The summed E-state index contributed by atoms with van der Waals surface area (Å²) >= 11 is 0. The third-order valence-corrected chi connectivity index (χ3v) is 4.55. The Morgan fingerprint density at radius 1 is 1.25 bits per heavy atom. The number of rotatable bonds is 4. The van der Waals surface area contributed by atoms with Gasteiger partial charge in [0.15, 0.2) is 0 Å². The van der Waals surface area contributed by atoms with Crippen molar-refractivity contribution in [1.82, 2.24) is 25.1 Å². The molecule has 1 fully saturated rings. The van der Waals surface area contributed by atoms with E-state index in [1.165, 1.54) is 4.80 Å². The van der Waals surface area contributed by atoms with Gasteiger partial charge in [0.2, 0.25) is 11.7 Å². The topological polar surface area (TPSA) is 84.1 Å². The molecule has 1 amide bonds. The molecule has 1 aromatic heterocycles. The second kappa shape index (κ2) is 7.09. The molecule has 0 aliphatic carbocycles. The van der Waals surface area contributed by atoms with Crippen molar-refractivity contribution >= 4 is 5.91 Å². The number of likely N-dealkylation sites (tertiary alicyclic amines) is 1. The van der Waals surface area contributed by atoms with E-state index in [2.05, 4.69) is 15.4 Å². The number of aliphatic hydroxyl groups is 1. The van der Waals surface area contributed by atoms with E-state index in [0.717, 1.165) is 24.8 Å².